The molecule has 0 aliphatic heterocycles. The molecule has 0 amide bonds. The minimum absolute atomic E-state index is 0. The lowest BCUT2D eigenvalue weighted by Gasteiger charge is -2.17. The molecule has 2 aromatic heterocycles. The van der Waals surface area contributed by atoms with Gasteiger partial charge in [-0.05, 0) is 25.0 Å². The van der Waals surface area contributed by atoms with E-state index in [4.69, 9.17) is 0 Å². The van der Waals surface area contributed by atoms with Gasteiger partial charge in [-0.15, -0.1) is 0 Å². The van der Waals surface area contributed by atoms with Gasteiger partial charge in [-0.25, -0.2) is 4.57 Å². The molecule has 0 aliphatic carbocycles. The lowest BCUT2D eigenvalue weighted by Crippen LogP contribution is -3.00. The Morgan fingerprint density at radius 1 is 0.735 bits per heavy atom. The second-order valence-electron chi connectivity index (χ2n) is 9.42. The third kappa shape index (κ3) is 8.37. The number of halogens is 1. The van der Waals surface area contributed by atoms with Crippen molar-refractivity contribution in [2.75, 3.05) is 0 Å². The molecule has 4 heteroatoms. The normalized spacial score (nSPS) is 11.0. The molecular weight excluding hydrogens is 484 g/mol. The maximum absolute atomic E-state index is 12.9. The summed E-state index contributed by atoms with van der Waals surface area (Å²) in [6.07, 6.45) is 19.9. The summed E-state index contributed by atoms with van der Waals surface area (Å²) in [7, 11) is 0. The van der Waals surface area contributed by atoms with Crippen molar-refractivity contribution < 1.29 is 21.5 Å². The van der Waals surface area contributed by atoms with Crippen LogP contribution in [0.5, 0.6) is 0 Å². The molecule has 0 atom stereocenters. The highest BCUT2D eigenvalue weighted by molar-refractivity contribution is 5.82. The van der Waals surface area contributed by atoms with Crippen molar-refractivity contribution in [3.63, 3.8) is 0 Å². The summed E-state index contributed by atoms with van der Waals surface area (Å²) in [5.41, 5.74) is 3.34. The smallest absolute Gasteiger partial charge is 0.190 e. The average molecular weight is 528 g/mol. The summed E-state index contributed by atoms with van der Waals surface area (Å²) in [6, 6.07) is 14.3. The van der Waals surface area contributed by atoms with Gasteiger partial charge in [0.25, 0.3) is 0 Å². The van der Waals surface area contributed by atoms with Crippen molar-refractivity contribution in [1.29, 1.82) is 0 Å². The number of pyridine rings is 2. The molecule has 0 spiro atoms. The van der Waals surface area contributed by atoms with Crippen molar-refractivity contribution in [2.45, 2.75) is 104 Å². The van der Waals surface area contributed by atoms with Crippen molar-refractivity contribution in [3.8, 4) is 11.3 Å². The Hall–Kier alpha value is -1.94. The fourth-order valence-electron chi connectivity index (χ4n) is 4.71. The second kappa shape index (κ2) is 15.9. The monoisotopic (exact) mass is 526 g/mol. The van der Waals surface area contributed by atoms with E-state index < -0.39 is 0 Å². The van der Waals surface area contributed by atoms with Crippen molar-refractivity contribution in [2.24, 2.45) is 0 Å². The Labute approximate surface area is 217 Å². The van der Waals surface area contributed by atoms with E-state index in [9.17, 15) is 4.79 Å². The number of hydrogen-bond acceptors (Lipinski definition) is 1. The standard InChI is InChI=1S/C30H43N2O.BrH/c1-3-5-7-9-11-15-21-31-23-19-26(20-24-31)29-25-30(33)27-17-13-14-18-28(27)32(29)22-16-12-10-8-6-4-2;/h13-14,17-20,23-25H,3-12,15-16,21-22H2,1-2H3;1H/q+1;/p-1. The number of aryl methyl sites for hydroxylation is 2. The van der Waals surface area contributed by atoms with Gasteiger partial charge >= 0.3 is 0 Å². The Morgan fingerprint density at radius 2 is 1.32 bits per heavy atom. The molecule has 1 aromatic carbocycles. The van der Waals surface area contributed by atoms with E-state index in [-0.39, 0.29) is 22.4 Å². The first-order valence-corrected chi connectivity index (χ1v) is 13.4. The van der Waals surface area contributed by atoms with E-state index in [2.05, 4.69) is 53.6 Å². The third-order valence-corrected chi connectivity index (χ3v) is 6.71. The zero-order valence-corrected chi connectivity index (χ0v) is 22.9. The van der Waals surface area contributed by atoms with Crippen LogP contribution in [0.15, 0.2) is 59.7 Å². The number of hydrogen-bond donors (Lipinski definition) is 0. The zero-order chi connectivity index (χ0) is 23.3. The van der Waals surface area contributed by atoms with Gasteiger partial charge in [0, 0.05) is 42.1 Å². The molecule has 3 aromatic rings. The Balaban J connectivity index is 0.00000408. The number of unbranched alkanes of at least 4 members (excludes halogenated alkanes) is 10. The molecule has 34 heavy (non-hydrogen) atoms. The molecule has 3 nitrogen and oxygen atoms in total. The van der Waals surface area contributed by atoms with Gasteiger partial charge in [-0.1, -0.05) is 83.8 Å². The van der Waals surface area contributed by atoms with Crippen LogP contribution in [0.1, 0.15) is 90.9 Å². The van der Waals surface area contributed by atoms with Crippen molar-refractivity contribution >= 4 is 10.9 Å². The van der Waals surface area contributed by atoms with E-state index in [1.54, 1.807) is 0 Å². The molecule has 2 heterocycles. The maximum atomic E-state index is 12.9. The van der Waals surface area contributed by atoms with Crippen LogP contribution in [0.4, 0.5) is 0 Å². The van der Waals surface area contributed by atoms with Crippen LogP contribution in [0.3, 0.4) is 0 Å². The highest BCUT2D eigenvalue weighted by Gasteiger charge is 2.12. The van der Waals surface area contributed by atoms with Gasteiger partial charge in [0.1, 0.15) is 6.54 Å². The Bertz CT molecular complexity index is 1030. The molecule has 0 fully saturated rings. The lowest BCUT2D eigenvalue weighted by atomic mass is 10.1. The summed E-state index contributed by atoms with van der Waals surface area (Å²) in [5.74, 6) is 0. The van der Waals surface area contributed by atoms with Crippen molar-refractivity contribution in [3.05, 3.63) is 65.1 Å². The predicted molar refractivity (Wildman–Crippen MR) is 141 cm³/mol. The van der Waals surface area contributed by atoms with Crippen LogP contribution < -0.4 is 27.0 Å². The van der Waals surface area contributed by atoms with Crippen LogP contribution in [-0.2, 0) is 13.1 Å². The Morgan fingerprint density at radius 3 is 2.00 bits per heavy atom. The number of nitrogens with zero attached hydrogens (tertiary/aromatic N) is 2. The number of para-hydroxylation sites is 1. The van der Waals surface area contributed by atoms with Crippen LogP contribution in [0.25, 0.3) is 22.2 Å². The SMILES string of the molecule is CCCCCCCCn1c(-c2cc[n+](CCCCCCCC)cc2)cc(=O)c2ccccc21.[Br-]. The fourth-order valence-corrected chi connectivity index (χ4v) is 4.71. The van der Waals surface area contributed by atoms with Crippen LogP contribution in [0, 0.1) is 0 Å². The summed E-state index contributed by atoms with van der Waals surface area (Å²) in [6.45, 7) is 6.54. The number of fused-ring (bicyclic) bond motifs is 1. The molecule has 0 bridgehead atoms. The minimum Gasteiger partial charge on any atom is -1.00 e. The molecule has 186 valence electrons. The van der Waals surface area contributed by atoms with E-state index in [1.165, 1.54) is 70.6 Å². The van der Waals surface area contributed by atoms with Crippen LogP contribution in [-0.4, -0.2) is 4.57 Å². The van der Waals surface area contributed by atoms with Crippen LogP contribution >= 0.6 is 0 Å². The molecule has 0 aliphatic rings. The van der Waals surface area contributed by atoms with E-state index in [0.29, 0.717) is 0 Å². The highest BCUT2D eigenvalue weighted by Crippen LogP contribution is 2.23. The largest absolute Gasteiger partial charge is 1.00 e. The summed E-state index contributed by atoms with van der Waals surface area (Å²) in [5, 5.41) is 0.821. The highest BCUT2D eigenvalue weighted by atomic mass is 79.9. The fraction of sp³-hybridized carbons (Fsp3) is 0.533. The third-order valence-electron chi connectivity index (χ3n) is 6.71. The molecule has 0 N–H and O–H groups in total. The quantitative estimate of drug-likeness (QED) is 0.208. The molecular formula is C30H43BrN2O. The van der Waals surface area contributed by atoms with Gasteiger partial charge in [0.2, 0.25) is 0 Å². The van der Waals surface area contributed by atoms with Gasteiger partial charge in [0.05, 0.1) is 11.2 Å². The summed E-state index contributed by atoms with van der Waals surface area (Å²) < 4.78 is 4.64. The van der Waals surface area contributed by atoms with Gasteiger partial charge in [-0.3, -0.25) is 4.79 Å². The number of rotatable bonds is 15. The molecule has 0 radical (unpaired) electrons. The summed E-state index contributed by atoms with van der Waals surface area (Å²) >= 11 is 0. The van der Waals surface area contributed by atoms with E-state index in [1.807, 2.05) is 24.3 Å². The van der Waals surface area contributed by atoms with Gasteiger partial charge in [-0.2, -0.15) is 0 Å². The summed E-state index contributed by atoms with van der Waals surface area (Å²) in [4.78, 5) is 12.9. The Kier molecular flexibility index (Phi) is 13.2. The maximum Gasteiger partial charge on any atom is 0.190 e. The second-order valence-corrected chi connectivity index (χ2v) is 9.42. The lowest BCUT2D eigenvalue weighted by molar-refractivity contribution is -0.697. The number of benzene rings is 1. The minimum atomic E-state index is 0. The predicted octanol–water partition coefficient (Wildman–Crippen LogP) is 4.68. The molecule has 3 rings (SSSR count). The van der Waals surface area contributed by atoms with E-state index in [0.717, 1.165) is 41.7 Å². The average Bonchev–Trinajstić information content (AvgIpc) is 2.85. The first kappa shape index (κ1) is 28.3. The topological polar surface area (TPSA) is 25.9 Å². The first-order valence-electron chi connectivity index (χ1n) is 13.4. The molecule has 0 saturated carbocycles. The van der Waals surface area contributed by atoms with Gasteiger partial charge in [0.15, 0.2) is 17.8 Å². The van der Waals surface area contributed by atoms with Gasteiger partial charge < -0.3 is 21.5 Å². The molecule has 0 saturated heterocycles. The van der Waals surface area contributed by atoms with Crippen molar-refractivity contribution in [1.82, 2.24) is 4.57 Å². The number of aromatic nitrogens is 2. The first-order chi connectivity index (χ1) is 16.2. The zero-order valence-electron chi connectivity index (χ0n) is 21.3. The van der Waals surface area contributed by atoms with Crippen LogP contribution in [0.2, 0.25) is 0 Å². The molecule has 0 unspecified atom stereocenters. The van der Waals surface area contributed by atoms with E-state index >= 15 is 0 Å².